The molecule has 0 aliphatic carbocycles. The van der Waals surface area contributed by atoms with Gasteiger partial charge in [0.15, 0.2) is 0 Å². The second-order valence-electron chi connectivity index (χ2n) is 4.27. The Bertz CT molecular complexity index is 419. The van der Waals surface area contributed by atoms with Crippen molar-refractivity contribution >= 4 is 6.03 Å². The quantitative estimate of drug-likeness (QED) is 0.750. The Morgan fingerprint density at radius 3 is 2.15 bits per heavy atom. The molecule has 1 aromatic rings. The molecule has 0 fully saturated rings. The van der Waals surface area contributed by atoms with E-state index in [4.69, 9.17) is 5.11 Å². The van der Waals surface area contributed by atoms with Gasteiger partial charge in [-0.3, -0.25) is 0 Å². The zero-order chi connectivity index (χ0) is 15.0. The standard InChI is InChI=1S/C13H17F3N2O2/c14-13(15,16)6-8-18-12(20)17-7-5-10-1-3-11(9-19)4-2-10/h1-4,19H,5-9H2,(H2,17,18,20). The first-order valence-corrected chi connectivity index (χ1v) is 6.18. The lowest BCUT2D eigenvalue weighted by molar-refractivity contribution is -0.132. The van der Waals surface area contributed by atoms with Crippen LogP contribution in [-0.4, -0.2) is 30.4 Å². The van der Waals surface area contributed by atoms with Crippen LogP contribution in [-0.2, 0) is 13.0 Å². The Labute approximate surface area is 115 Å². The number of aliphatic hydroxyl groups is 1. The first-order chi connectivity index (χ1) is 9.40. The Morgan fingerprint density at radius 1 is 1.05 bits per heavy atom. The SMILES string of the molecule is O=C(NCCc1ccc(CO)cc1)NCCC(F)(F)F. The number of rotatable bonds is 6. The molecule has 0 spiro atoms. The number of nitrogens with one attached hydrogen (secondary N) is 2. The topological polar surface area (TPSA) is 61.4 Å². The van der Waals surface area contributed by atoms with Gasteiger partial charge in [-0.05, 0) is 17.5 Å². The molecule has 3 N–H and O–H groups in total. The molecule has 0 unspecified atom stereocenters. The van der Waals surface area contributed by atoms with E-state index in [1.54, 1.807) is 12.1 Å². The predicted molar refractivity (Wildman–Crippen MR) is 68.1 cm³/mol. The van der Waals surface area contributed by atoms with E-state index < -0.39 is 25.2 Å². The van der Waals surface area contributed by atoms with Crippen LogP contribution in [0.4, 0.5) is 18.0 Å². The van der Waals surface area contributed by atoms with E-state index in [1.165, 1.54) is 0 Å². The van der Waals surface area contributed by atoms with Crippen molar-refractivity contribution in [3.63, 3.8) is 0 Å². The zero-order valence-corrected chi connectivity index (χ0v) is 10.8. The molecule has 4 nitrogen and oxygen atoms in total. The highest BCUT2D eigenvalue weighted by atomic mass is 19.4. The van der Waals surface area contributed by atoms with Crippen LogP contribution in [0.1, 0.15) is 17.5 Å². The van der Waals surface area contributed by atoms with Crippen LogP contribution in [0.5, 0.6) is 0 Å². The fourth-order valence-corrected chi connectivity index (χ4v) is 1.51. The summed E-state index contributed by atoms with van der Waals surface area (Å²) in [6.45, 7) is -0.128. The van der Waals surface area contributed by atoms with Gasteiger partial charge in [-0.2, -0.15) is 13.2 Å². The Balaban J connectivity index is 2.18. The minimum absolute atomic E-state index is 0.0276. The fraction of sp³-hybridized carbons (Fsp3) is 0.462. The second-order valence-corrected chi connectivity index (χ2v) is 4.27. The van der Waals surface area contributed by atoms with Gasteiger partial charge in [0.1, 0.15) is 0 Å². The summed E-state index contributed by atoms with van der Waals surface area (Å²) in [6.07, 6.45) is -4.73. The molecule has 0 radical (unpaired) electrons. The van der Waals surface area contributed by atoms with Gasteiger partial charge in [0, 0.05) is 13.1 Å². The third-order valence-electron chi connectivity index (χ3n) is 2.60. The van der Waals surface area contributed by atoms with E-state index >= 15 is 0 Å². The third-order valence-corrected chi connectivity index (χ3v) is 2.60. The van der Waals surface area contributed by atoms with Gasteiger partial charge in [0.05, 0.1) is 13.0 Å². The van der Waals surface area contributed by atoms with Crippen molar-refractivity contribution in [1.82, 2.24) is 10.6 Å². The van der Waals surface area contributed by atoms with Crippen molar-refractivity contribution in [2.24, 2.45) is 0 Å². The molecule has 0 saturated carbocycles. The summed E-state index contributed by atoms with van der Waals surface area (Å²) in [7, 11) is 0. The van der Waals surface area contributed by atoms with Gasteiger partial charge in [-0.15, -0.1) is 0 Å². The minimum Gasteiger partial charge on any atom is -0.392 e. The molecule has 0 aliphatic rings. The van der Waals surface area contributed by atoms with Crippen LogP contribution < -0.4 is 10.6 Å². The van der Waals surface area contributed by atoms with E-state index in [0.29, 0.717) is 13.0 Å². The molecule has 20 heavy (non-hydrogen) atoms. The number of carbonyl (C=O) groups is 1. The number of alkyl halides is 3. The molecule has 0 saturated heterocycles. The first kappa shape index (κ1) is 16.3. The van der Waals surface area contributed by atoms with Crippen LogP contribution in [0, 0.1) is 0 Å². The van der Waals surface area contributed by atoms with Gasteiger partial charge in [0.25, 0.3) is 0 Å². The lowest BCUT2D eigenvalue weighted by Gasteiger charge is -2.09. The van der Waals surface area contributed by atoms with E-state index in [0.717, 1.165) is 11.1 Å². The number of hydrogen-bond donors (Lipinski definition) is 3. The summed E-state index contributed by atoms with van der Waals surface area (Å²) < 4.78 is 35.6. The van der Waals surface area contributed by atoms with Crippen molar-refractivity contribution in [1.29, 1.82) is 0 Å². The average molecular weight is 290 g/mol. The molecule has 0 aromatic heterocycles. The average Bonchev–Trinajstić information content (AvgIpc) is 2.38. The first-order valence-electron chi connectivity index (χ1n) is 6.18. The van der Waals surface area contributed by atoms with Crippen LogP contribution in [0.15, 0.2) is 24.3 Å². The van der Waals surface area contributed by atoms with E-state index in [9.17, 15) is 18.0 Å². The summed E-state index contributed by atoms with van der Waals surface area (Å²) in [4.78, 5) is 11.2. The molecule has 0 atom stereocenters. The Morgan fingerprint density at radius 2 is 1.60 bits per heavy atom. The second kappa shape index (κ2) is 7.74. The van der Waals surface area contributed by atoms with E-state index in [2.05, 4.69) is 10.6 Å². The number of halogens is 3. The Hall–Kier alpha value is -1.76. The maximum absolute atomic E-state index is 11.9. The van der Waals surface area contributed by atoms with Gasteiger partial charge >= 0.3 is 12.2 Å². The highest BCUT2D eigenvalue weighted by Crippen LogP contribution is 2.17. The number of benzene rings is 1. The number of aliphatic hydroxyl groups excluding tert-OH is 1. The lowest BCUT2D eigenvalue weighted by Crippen LogP contribution is -2.38. The van der Waals surface area contributed by atoms with Crippen molar-refractivity contribution in [2.75, 3.05) is 13.1 Å². The van der Waals surface area contributed by atoms with Gasteiger partial charge in [0.2, 0.25) is 0 Å². The van der Waals surface area contributed by atoms with Gasteiger partial charge < -0.3 is 15.7 Å². The zero-order valence-electron chi connectivity index (χ0n) is 10.8. The normalized spacial score (nSPS) is 11.2. The number of urea groups is 1. The van der Waals surface area contributed by atoms with Crippen LogP contribution >= 0.6 is 0 Å². The Kier molecular flexibility index (Phi) is 6.30. The molecular formula is C13H17F3N2O2. The summed E-state index contributed by atoms with van der Waals surface area (Å²) in [5.74, 6) is 0. The molecule has 0 aliphatic heterocycles. The lowest BCUT2D eigenvalue weighted by atomic mass is 10.1. The smallest absolute Gasteiger partial charge is 0.390 e. The molecule has 112 valence electrons. The highest BCUT2D eigenvalue weighted by molar-refractivity contribution is 5.73. The minimum atomic E-state index is -4.26. The largest absolute Gasteiger partial charge is 0.392 e. The molecule has 1 rings (SSSR count). The van der Waals surface area contributed by atoms with Crippen molar-refractivity contribution < 1.29 is 23.1 Å². The summed E-state index contributed by atoms with van der Waals surface area (Å²) in [6, 6.07) is 6.60. The molecule has 0 heterocycles. The summed E-state index contributed by atoms with van der Waals surface area (Å²) in [5, 5.41) is 13.5. The van der Waals surface area contributed by atoms with Crippen molar-refractivity contribution in [3.05, 3.63) is 35.4 Å². The summed E-state index contributed by atoms with van der Waals surface area (Å²) in [5.41, 5.74) is 1.77. The van der Waals surface area contributed by atoms with E-state index in [-0.39, 0.29) is 6.61 Å². The molecule has 2 amide bonds. The van der Waals surface area contributed by atoms with Gasteiger partial charge in [-0.25, -0.2) is 4.79 Å². The molecule has 1 aromatic carbocycles. The van der Waals surface area contributed by atoms with Crippen LogP contribution in [0.25, 0.3) is 0 Å². The fourth-order valence-electron chi connectivity index (χ4n) is 1.51. The van der Waals surface area contributed by atoms with Crippen molar-refractivity contribution in [2.45, 2.75) is 25.6 Å². The third kappa shape index (κ3) is 6.98. The van der Waals surface area contributed by atoms with Crippen molar-refractivity contribution in [3.8, 4) is 0 Å². The maximum atomic E-state index is 11.9. The maximum Gasteiger partial charge on any atom is 0.390 e. The summed E-state index contributed by atoms with van der Waals surface area (Å²) >= 11 is 0. The number of carbonyl (C=O) groups excluding carboxylic acids is 1. The molecular weight excluding hydrogens is 273 g/mol. The molecule has 0 bridgehead atoms. The predicted octanol–water partition coefficient (Wildman–Crippen LogP) is 1.97. The van der Waals surface area contributed by atoms with Crippen LogP contribution in [0.2, 0.25) is 0 Å². The highest BCUT2D eigenvalue weighted by Gasteiger charge is 2.26. The molecule has 7 heteroatoms. The number of hydrogen-bond acceptors (Lipinski definition) is 2. The van der Waals surface area contributed by atoms with Gasteiger partial charge in [-0.1, -0.05) is 24.3 Å². The monoisotopic (exact) mass is 290 g/mol. The number of amides is 2. The van der Waals surface area contributed by atoms with Crippen LogP contribution in [0.3, 0.4) is 0 Å². The van der Waals surface area contributed by atoms with E-state index in [1.807, 2.05) is 12.1 Å².